The second-order valence-corrected chi connectivity index (χ2v) is 5.44. The molecule has 3 rings (SSSR count). The van der Waals surface area contributed by atoms with Gasteiger partial charge in [0.15, 0.2) is 0 Å². The van der Waals surface area contributed by atoms with E-state index < -0.39 is 0 Å². The van der Waals surface area contributed by atoms with E-state index in [9.17, 15) is 0 Å². The normalized spacial score (nSPS) is 21.8. The van der Waals surface area contributed by atoms with Gasteiger partial charge < -0.3 is 9.47 Å². The van der Waals surface area contributed by atoms with Crippen molar-refractivity contribution in [2.45, 2.75) is 18.6 Å². The first-order valence-electron chi connectivity index (χ1n) is 7.39. The third-order valence-corrected chi connectivity index (χ3v) is 4.14. The van der Waals surface area contributed by atoms with Crippen LogP contribution in [0.2, 0.25) is 0 Å². The molecule has 1 saturated heterocycles. The molecule has 2 unspecified atom stereocenters. The fourth-order valence-corrected chi connectivity index (χ4v) is 2.88. The number of ether oxygens (including phenoxy) is 2. The Morgan fingerprint density at radius 3 is 2.36 bits per heavy atom. The predicted octanol–water partition coefficient (Wildman–Crippen LogP) is 3.75. The van der Waals surface area contributed by atoms with Crippen molar-refractivity contribution in [1.82, 2.24) is 5.06 Å². The van der Waals surface area contributed by atoms with E-state index in [1.807, 2.05) is 42.4 Å². The van der Waals surface area contributed by atoms with E-state index in [1.165, 1.54) is 5.56 Å². The first kappa shape index (κ1) is 14.9. The molecule has 0 aromatic heterocycles. The standard InChI is InChI=1S/C18H21NO3/c1-19-17(13-7-9-15(20-2)10-8-13)12-18(22-19)14-5-4-6-16(11-14)21-3/h4-11,17-18H,12H2,1-3H3. The molecule has 0 radical (unpaired) electrons. The molecule has 4 nitrogen and oxygen atoms in total. The molecule has 0 saturated carbocycles. The van der Waals surface area contributed by atoms with Crippen LogP contribution in [0.3, 0.4) is 0 Å². The maximum absolute atomic E-state index is 6.02. The van der Waals surface area contributed by atoms with E-state index in [0.29, 0.717) is 0 Å². The van der Waals surface area contributed by atoms with E-state index in [0.717, 1.165) is 23.5 Å². The van der Waals surface area contributed by atoms with Crippen molar-refractivity contribution in [3.63, 3.8) is 0 Å². The molecule has 0 bridgehead atoms. The smallest absolute Gasteiger partial charge is 0.119 e. The molecule has 0 spiro atoms. The Labute approximate surface area is 131 Å². The summed E-state index contributed by atoms with van der Waals surface area (Å²) in [5.74, 6) is 1.73. The summed E-state index contributed by atoms with van der Waals surface area (Å²) in [5, 5.41) is 1.94. The summed E-state index contributed by atoms with van der Waals surface area (Å²) in [6.07, 6.45) is 0.961. The Morgan fingerprint density at radius 1 is 0.955 bits per heavy atom. The molecule has 2 atom stereocenters. The summed E-state index contributed by atoms with van der Waals surface area (Å²) < 4.78 is 10.5. The molecule has 22 heavy (non-hydrogen) atoms. The molecule has 2 aromatic carbocycles. The van der Waals surface area contributed by atoms with Gasteiger partial charge in [-0.3, -0.25) is 4.84 Å². The Hall–Kier alpha value is -2.04. The fraction of sp³-hybridized carbons (Fsp3) is 0.333. The van der Waals surface area contributed by atoms with Crippen LogP contribution in [0.25, 0.3) is 0 Å². The van der Waals surface area contributed by atoms with Gasteiger partial charge in [-0.2, -0.15) is 5.06 Å². The third-order valence-electron chi connectivity index (χ3n) is 4.14. The lowest BCUT2D eigenvalue weighted by Gasteiger charge is -2.17. The highest BCUT2D eigenvalue weighted by molar-refractivity contribution is 5.32. The van der Waals surface area contributed by atoms with Crippen LogP contribution < -0.4 is 9.47 Å². The first-order valence-corrected chi connectivity index (χ1v) is 7.39. The zero-order valence-electron chi connectivity index (χ0n) is 13.2. The number of benzene rings is 2. The van der Waals surface area contributed by atoms with Gasteiger partial charge in [0.05, 0.1) is 20.3 Å². The van der Waals surface area contributed by atoms with Crippen molar-refractivity contribution in [2.75, 3.05) is 21.3 Å². The Balaban J connectivity index is 1.78. The van der Waals surface area contributed by atoms with E-state index >= 15 is 0 Å². The molecule has 2 aromatic rings. The van der Waals surface area contributed by atoms with Crippen LogP contribution in [-0.4, -0.2) is 26.3 Å². The molecule has 0 amide bonds. The first-order chi connectivity index (χ1) is 10.7. The van der Waals surface area contributed by atoms with Crippen molar-refractivity contribution in [1.29, 1.82) is 0 Å². The van der Waals surface area contributed by atoms with Gasteiger partial charge in [-0.15, -0.1) is 0 Å². The van der Waals surface area contributed by atoms with E-state index in [-0.39, 0.29) is 12.1 Å². The van der Waals surface area contributed by atoms with Crippen LogP contribution in [-0.2, 0) is 4.84 Å². The summed E-state index contributed by atoms with van der Waals surface area (Å²) in [6, 6.07) is 16.5. The van der Waals surface area contributed by atoms with Gasteiger partial charge in [-0.25, -0.2) is 0 Å². The van der Waals surface area contributed by atoms with Crippen molar-refractivity contribution >= 4 is 0 Å². The maximum atomic E-state index is 6.02. The van der Waals surface area contributed by atoms with Crippen molar-refractivity contribution < 1.29 is 14.3 Å². The molecule has 1 heterocycles. The lowest BCUT2D eigenvalue weighted by molar-refractivity contribution is -0.146. The molecule has 1 fully saturated rings. The number of nitrogens with zero attached hydrogens (tertiary/aromatic N) is 1. The summed E-state index contributed by atoms with van der Waals surface area (Å²) in [6.45, 7) is 0. The summed E-state index contributed by atoms with van der Waals surface area (Å²) in [7, 11) is 5.34. The lowest BCUT2D eigenvalue weighted by atomic mass is 9.98. The minimum Gasteiger partial charge on any atom is -0.497 e. The predicted molar refractivity (Wildman–Crippen MR) is 84.9 cm³/mol. The average Bonchev–Trinajstić information content (AvgIpc) is 2.97. The molecule has 0 N–H and O–H groups in total. The monoisotopic (exact) mass is 299 g/mol. The number of hydroxylamine groups is 2. The number of hydrogen-bond acceptors (Lipinski definition) is 4. The third kappa shape index (κ3) is 2.93. The molecule has 0 aliphatic carbocycles. The van der Waals surface area contributed by atoms with Gasteiger partial charge in [0, 0.05) is 13.5 Å². The Morgan fingerprint density at radius 2 is 1.68 bits per heavy atom. The highest BCUT2D eigenvalue weighted by Crippen LogP contribution is 2.41. The molecule has 1 aliphatic rings. The quantitative estimate of drug-likeness (QED) is 0.860. The molecule has 116 valence electrons. The molecule has 4 heteroatoms. The van der Waals surface area contributed by atoms with Crippen LogP contribution in [0.15, 0.2) is 48.5 Å². The summed E-state index contributed by atoms with van der Waals surface area (Å²) in [5.41, 5.74) is 2.37. The maximum Gasteiger partial charge on any atom is 0.119 e. The van der Waals surface area contributed by atoms with Crippen LogP contribution >= 0.6 is 0 Å². The van der Waals surface area contributed by atoms with E-state index in [1.54, 1.807) is 14.2 Å². The van der Waals surface area contributed by atoms with Gasteiger partial charge >= 0.3 is 0 Å². The highest BCUT2D eigenvalue weighted by Gasteiger charge is 2.33. The number of rotatable bonds is 4. The van der Waals surface area contributed by atoms with Gasteiger partial charge in [0.2, 0.25) is 0 Å². The number of methoxy groups -OCH3 is 2. The second-order valence-electron chi connectivity index (χ2n) is 5.44. The highest BCUT2D eigenvalue weighted by atomic mass is 16.7. The van der Waals surface area contributed by atoms with Crippen LogP contribution in [0.1, 0.15) is 29.7 Å². The number of hydrogen-bond donors (Lipinski definition) is 0. The van der Waals surface area contributed by atoms with E-state index in [2.05, 4.69) is 18.2 Å². The molecule has 1 aliphatic heterocycles. The van der Waals surface area contributed by atoms with Crippen LogP contribution in [0, 0.1) is 0 Å². The minimum atomic E-state index is 0.0483. The Kier molecular flexibility index (Phi) is 4.32. The van der Waals surface area contributed by atoms with Crippen LogP contribution in [0.4, 0.5) is 0 Å². The van der Waals surface area contributed by atoms with Crippen LogP contribution in [0.5, 0.6) is 11.5 Å². The summed E-state index contributed by atoms with van der Waals surface area (Å²) in [4.78, 5) is 6.02. The SMILES string of the molecule is COc1ccc(C2CC(c3cccc(OC)c3)ON2C)cc1. The molecular formula is C18H21NO3. The van der Waals surface area contributed by atoms with Crippen molar-refractivity contribution in [3.8, 4) is 11.5 Å². The van der Waals surface area contributed by atoms with Gasteiger partial charge in [-0.1, -0.05) is 24.3 Å². The fourth-order valence-electron chi connectivity index (χ4n) is 2.88. The van der Waals surface area contributed by atoms with Gasteiger partial charge in [-0.05, 0) is 35.4 Å². The van der Waals surface area contributed by atoms with Crippen molar-refractivity contribution in [3.05, 3.63) is 59.7 Å². The second kappa shape index (κ2) is 6.38. The minimum absolute atomic E-state index is 0.0483. The molecular weight excluding hydrogens is 278 g/mol. The Bertz CT molecular complexity index is 626. The van der Waals surface area contributed by atoms with E-state index in [4.69, 9.17) is 14.3 Å². The summed E-state index contributed by atoms with van der Waals surface area (Å²) >= 11 is 0. The topological polar surface area (TPSA) is 30.9 Å². The van der Waals surface area contributed by atoms with Gasteiger partial charge in [0.1, 0.15) is 17.6 Å². The lowest BCUT2D eigenvalue weighted by Crippen LogP contribution is -2.16. The largest absolute Gasteiger partial charge is 0.497 e. The van der Waals surface area contributed by atoms with Crippen molar-refractivity contribution in [2.24, 2.45) is 0 Å². The average molecular weight is 299 g/mol. The zero-order valence-corrected chi connectivity index (χ0v) is 13.2. The van der Waals surface area contributed by atoms with Gasteiger partial charge in [0.25, 0.3) is 0 Å². The zero-order chi connectivity index (χ0) is 15.5.